The molecular weight excluding hydrogens is 770 g/mol. The first kappa shape index (κ1) is 47.9. The van der Waals surface area contributed by atoms with Gasteiger partial charge in [0.05, 0.1) is 11.0 Å². The van der Waals surface area contributed by atoms with E-state index in [9.17, 15) is 10.2 Å². The van der Waals surface area contributed by atoms with Gasteiger partial charge >= 0.3 is 0 Å². The summed E-state index contributed by atoms with van der Waals surface area (Å²) in [5.41, 5.74) is 7.30. The molecule has 0 aliphatic rings. The standard InChI is InChI=1S/2C20H22ClN3O.2ClH.2H2O/c2*1-3-24(4-2)13-14-11-16(6-8-20(14)25)23-18-9-10-22-19-12-15(21)5-7-17(18)19;;;;/h2*5-12,25H,3-4,13H2,1-2H3,(H,22,23);2*1H;2*1H2. The van der Waals surface area contributed by atoms with Crippen LogP contribution in [0, 0.1) is 0 Å². The quantitative estimate of drug-likeness (QED) is 0.0889. The number of aromatic hydroxyl groups is 2. The number of aromatic nitrogens is 2. The van der Waals surface area contributed by atoms with Gasteiger partial charge in [-0.15, -0.1) is 24.8 Å². The third-order valence-electron chi connectivity index (χ3n) is 8.70. The van der Waals surface area contributed by atoms with Gasteiger partial charge in [-0.05, 0) is 111 Å². The fourth-order valence-electron chi connectivity index (χ4n) is 5.73. The van der Waals surface area contributed by atoms with E-state index in [1.165, 1.54) is 0 Å². The summed E-state index contributed by atoms with van der Waals surface area (Å²) in [6, 6.07) is 26.4. The number of phenolic OH excluding ortho intramolecular Hbond substituents is 2. The molecule has 8 N–H and O–H groups in total. The van der Waals surface area contributed by atoms with Crippen LogP contribution in [0.1, 0.15) is 38.8 Å². The van der Waals surface area contributed by atoms with Crippen molar-refractivity contribution in [3.05, 3.63) is 118 Å². The molecule has 54 heavy (non-hydrogen) atoms. The molecule has 0 atom stereocenters. The number of phenols is 2. The van der Waals surface area contributed by atoms with Gasteiger partial charge in [-0.25, -0.2) is 0 Å². The van der Waals surface area contributed by atoms with Gasteiger partial charge in [-0.3, -0.25) is 19.8 Å². The van der Waals surface area contributed by atoms with Crippen molar-refractivity contribution in [2.24, 2.45) is 0 Å². The van der Waals surface area contributed by atoms with Crippen molar-refractivity contribution in [1.82, 2.24) is 19.8 Å². The van der Waals surface area contributed by atoms with Crippen molar-refractivity contribution in [3.8, 4) is 11.5 Å². The van der Waals surface area contributed by atoms with Crippen LogP contribution in [0.4, 0.5) is 22.7 Å². The lowest BCUT2D eigenvalue weighted by Crippen LogP contribution is -2.22. The number of nitrogens with one attached hydrogen (secondary N) is 2. The molecule has 0 aliphatic carbocycles. The van der Waals surface area contributed by atoms with E-state index in [4.69, 9.17) is 23.2 Å². The second-order valence-corrected chi connectivity index (χ2v) is 12.8. The first-order valence-corrected chi connectivity index (χ1v) is 17.7. The zero-order valence-corrected chi connectivity index (χ0v) is 33.9. The van der Waals surface area contributed by atoms with E-state index in [0.717, 1.165) is 95.0 Å². The normalized spacial score (nSPS) is 10.4. The molecule has 0 radical (unpaired) electrons. The number of halogens is 4. The van der Waals surface area contributed by atoms with Gasteiger partial charge in [0.15, 0.2) is 0 Å². The third-order valence-corrected chi connectivity index (χ3v) is 9.17. The van der Waals surface area contributed by atoms with E-state index >= 15 is 0 Å². The average molecular weight is 821 g/mol. The average Bonchev–Trinajstić information content (AvgIpc) is 3.12. The molecule has 6 rings (SSSR count). The first-order chi connectivity index (χ1) is 24.2. The predicted octanol–water partition coefficient (Wildman–Crippen LogP) is 9.55. The van der Waals surface area contributed by atoms with Crippen LogP contribution in [-0.2, 0) is 13.1 Å². The topological polar surface area (TPSA) is 160 Å². The van der Waals surface area contributed by atoms with Gasteiger partial charge < -0.3 is 31.8 Å². The largest absolute Gasteiger partial charge is 0.508 e. The van der Waals surface area contributed by atoms with Gasteiger partial charge in [-0.2, -0.15) is 0 Å². The molecule has 0 unspecified atom stereocenters. The summed E-state index contributed by atoms with van der Waals surface area (Å²) in [6.45, 7) is 13.7. The second kappa shape index (κ2) is 23.0. The zero-order chi connectivity index (χ0) is 35.6. The SMILES string of the molecule is CCN(CC)Cc1cc(Nc2ccnc3cc(Cl)ccc23)ccc1O.CCN(CC)Cc1cc(Nc2ccnc3cc(Cl)ccc23)ccc1O.Cl.Cl.O.O. The minimum Gasteiger partial charge on any atom is -0.508 e. The van der Waals surface area contributed by atoms with E-state index < -0.39 is 0 Å². The van der Waals surface area contributed by atoms with Gasteiger partial charge in [0.25, 0.3) is 0 Å². The number of pyridine rings is 2. The summed E-state index contributed by atoms with van der Waals surface area (Å²) in [7, 11) is 0. The number of fused-ring (bicyclic) bond motifs is 2. The summed E-state index contributed by atoms with van der Waals surface area (Å²) in [5, 5.41) is 30.5. The Morgan fingerprint density at radius 1 is 0.537 bits per heavy atom. The summed E-state index contributed by atoms with van der Waals surface area (Å²) in [6.07, 6.45) is 3.52. The third kappa shape index (κ3) is 12.5. The number of nitrogens with zero attached hydrogens (tertiary/aromatic N) is 4. The Kier molecular flexibility index (Phi) is 20.4. The monoisotopic (exact) mass is 818 g/mol. The van der Waals surface area contributed by atoms with E-state index in [2.05, 4.69) is 58.1 Å². The fraction of sp³-hybridized carbons (Fsp3) is 0.250. The Bertz CT molecular complexity index is 1920. The highest BCUT2D eigenvalue weighted by atomic mass is 35.5. The molecule has 0 spiro atoms. The van der Waals surface area contributed by atoms with Crippen LogP contribution in [0.2, 0.25) is 10.0 Å². The summed E-state index contributed by atoms with van der Waals surface area (Å²) >= 11 is 12.1. The molecule has 0 bridgehead atoms. The molecule has 6 aromatic rings. The van der Waals surface area contributed by atoms with Crippen LogP contribution in [-0.4, -0.2) is 67.1 Å². The number of hydrogen-bond donors (Lipinski definition) is 4. The minimum atomic E-state index is 0. The van der Waals surface area contributed by atoms with Crippen LogP contribution in [0.5, 0.6) is 11.5 Å². The Morgan fingerprint density at radius 2 is 0.907 bits per heavy atom. The molecule has 14 heteroatoms. The van der Waals surface area contributed by atoms with Crippen LogP contribution < -0.4 is 10.6 Å². The van der Waals surface area contributed by atoms with Crippen LogP contribution in [0.3, 0.4) is 0 Å². The molecule has 0 amide bonds. The van der Waals surface area contributed by atoms with Gasteiger partial charge in [0, 0.05) is 80.2 Å². The van der Waals surface area contributed by atoms with Crippen LogP contribution in [0.25, 0.3) is 21.8 Å². The molecule has 0 saturated heterocycles. The van der Waals surface area contributed by atoms with Gasteiger partial charge in [0.1, 0.15) is 11.5 Å². The molecule has 10 nitrogen and oxygen atoms in total. The Labute approximate surface area is 339 Å². The molecule has 292 valence electrons. The van der Waals surface area contributed by atoms with Crippen molar-refractivity contribution >= 4 is 92.6 Å². The number of anilines is 4. The van der Waals surface area contributed by atoms with E-state index in [1.807, 2.05) is 72.8 Å². The summed E-state index contributed by atoms with van der Waals surface area (Å²) in [4.78, 5) is 13.3. The van der Waals surface area contributed by atoms with Crippen molar-refractivity contribution in [1.29, 1.82) is 0 Å². The molecule has 2 aromatic heterocycles. The number of rotatable bonds is 12. The molecule has 0 fully saturated rings. The highest BCUT2D eigenvalue weighted by molar-refractivity contribution is 6.31. The summed E-state index contributed by atoms with van der Waals surface area (Å²) in [5.74, 6) is 0.646. The number of hydrogen-bond acceptors (Lipinski definition) is 8. The smallest absolute Gasteiger partial charge is 0.120 e. The first-order valence-electron chi connectivity index (χ1n) is 16.9. The van der Waals surface area contributed by atoms with Crippen molar-refractivity contribution < 1.29 is 21.2 Å². The molecule has 2 heterocycles. The maximum Gasteiger partial charge on any atom is 0.120 e. The highest BCUT2D eigenvalue weighted by Gasteiger charge is 2.11. The summed E-state index contributed by atoms with van der Waals surface area (Å²) < 4.78 is 0. The molecular formula is C40H50Cl4N6O4. The maximum absolute atomic E-state index is 10.2. The predicted molar refractivity (Wildman–Crippen MR) is 231 cm³/mol. The number of benzene rings is 4. The molecule has 0 aliphatic heterocycles. The van der Waals surface area contributed by atoms with E-state index in [1.54, 1.807) is 24.5 Å². The maximum atomic E-state index is 10.2. The lowest BCUT2D eigenvalue weighted by molar-refractivity contribution is 0.291. The van der Waals surface area contributed by atoms with Gasteiger partial charge in [0.2, 0.25) is 0 Å². The highest BCUT2D eigenvalue weighted by Crippen LogP contribution is 2.31. The Balaban J connectivity index is 0.000000503. The lowest BCUT2D eigenvalue weighted by Gasteiger charge is -2.19. The van der Waals surface area contributed by atoms with Crippen LogP contribution >= 0.6 is 48.0 Å². The molecule has 0 saturated carbocycles. The molecule has 4 aromatic carbocycles. The Hall–Kier alpha value is -4.10. The fourth-order valence-corrected chi connectivity index (χ4v) is 6.06. The minimum absolute atomic E-state index is 0. The van der Waals surface area contributed by atoms with Crippen molar-refractivity contribution in [3.63, 3.8) is 0 Å². The van der Waals surface area contributed by atoms with Crippen molar-refractivity contribution in [2.75, 3.05) is 36.8 Å². The Morgan fingerprint density at radius 3 is 1.26 bits per heavy atom. The van der Waals surface area contributed by atoms with E-state index in [0.29, 0.717) is 21.5 Å². The van der Waals surface area contributed by atoms with E-state index in [-0.39, 0.29) is 35.8 Å². The van der Waals surface area contributed by atoms with Crippen LogP contribution in [0.15, 0.2) is 97.3 Å². The lowest BCUT2D eigenvalue weighted by atomic mass is 10.1. The van der Waals surface area contributed by atoms with Gasteiger partial charge in [-0.1, -0.05) is 50.9 Å². The second-order valence-electron chi connectivity index (χ2n) is 11.9. The van der Waals surface area contributed by atoms with Crippen molar-refractivity contribution in [2.45, 2.75) is 40.8 Å². The zero-order valence-electron chi connectivity index (χ0n) is 30.7.